The summed E-state index contributed by atoms with van der Waals surface area (Å²) in [6.07, 6.45) is 0.987. The highest BCUT2D eigenvalue weighted by Crippen LogP contribution is 2.27. The number of esters is 1. The summed E-state index contributed by atoms with van der Waals surface area (Å²) in [5, 5.41) is 0. The van der Waals surface area contributed by atoms with Crippen molar-refractivity contribution in [2.75, 3.05) is 19.5 Å². The molecule has 0 saturated heterocycles. The number of benzene rings is 1. The molecule has 0 aliphatic heterocycles. The standard InChI is InChI=1S/C13H19NO3/c1-9-7-10(2)13(11(14)8-9)17-6-4-5-12(15)16-3/h7-8H,4-6,14H2,1-3H3. The molecule has 1 aromatic carbocycles. The average Bonchev–Trinajstić information content (AvgIpc) is 2.26. The molecule has 0 fully saturated rings. The smallest absolute Gasteiger partial charge is 0.305 e. The molecular weight excluding hydrogens is 218 g/mol. The van der Waals surface area contributed by atoms with E-state index in [2.05, 4.69) is 4.74 Å². The van der Waals surface area contributed by atoms with Crippen LogP contribution in [0.5, 0.6) is 5.75 Å². The lowest BCUT2D eigenvalue weighted by atomic mass is 10.1. The van der Waals surface area contributed by atoms with Crippen LogP contribution in [0.2, 0.25) is 0 Å². The highest BCUT2D eigenvalue weighted by Gasteiger charge is 2.06. The first-order valence-electron chi connectivity index (χ1n) is 5.61. The highest BCUT2D eigenvalue weighted by molar-refractivity contribution is 5.69. The third kappa shape index (κ3) is 3.98. The molecule has 17 heavy (non-hydrogen) atoms. The van der Waals surface area contributed by atoms with Crippen LogP contribution in [-0.2, 0) is 9.53 Å². The van der Waals surface area contributed by atoms with E-state index in [1.54, 1.807) is 0 Å². The van der Waals surface area contributed by atoms with Gasteiger partial charge >= 0.3 is 5.97 Å². The average molecular weight is 237 g/mol. The van der Waals surface area contributed by atoms with Crippen LogP contribution in [0.3, 0.4) is 0 Å². The largest absolute Gasteiger partial charge is 0.491 e. The van der Waals surface area contributed by atoms with E-state index >= 15 is 0 Å². The second-order valence-electron chi connectivity index (χ2n) is 4.03. The number of hydrogen-bond donors (Lipinski definition) is 1. The number of anilines is 1. The van der Waals surface area contributed by atoms with Crippen LogP contribution in [0.4, 0.5) is 5.69 Å². The van der Waals surface area contributed by atoms with Gasteiger partial charge in [0.25, 0.3) is 0 Å². The Kier molecular flexibility index (Phi) is 4.82. The molecule has 4 nitrogen and oxygen atoms in total. The van der Waals surface area contributed by atoms with Gasteiger partial charge in [-0.05, 0) is 37.5 Å². The Balaban J connectivity index is 2.50. The van der Waals surface area contributed by atoms with Crippen molar-refractivity contribution >= 4 is 11.7 Å². The zero-order valence-corrected chi connectivity index (χ0v) is 10.6. The van der Waals surface area contributed by atoms with E-state index in [1.165, 1.54) is 7.11 Å². The van der Waals surface area contributed by atoms with Crippen LogP contribution >= 0.6 is 0 Å². The molecule has 0 aromatic heterocycles. The number of methoxy groups -OCH3 is 1. The molecule has 0 aliphatic rings. The molecule has 0 aliphatic carbocycles. The minimum absolute atomic E-state index is 0.220. The molecule has 0 unspecified atom stereocenters. The highest BCUT2D eigenvalue weighted by atomic mass is 16.5. The summed E-state index contributed by atoms with van der Waals surface area (Å²) in [6, 6.07) is 3.90. The first-order chi connectivity index (χ1) is 8.04. The van der Waals surface area contributed by atoms with E-state index in [4.69, 9.17) is 10.5 Å². The van der Waals surface area contributed by atoms with Crippen molar-refractivity contribution in [3.05, 3.63) is 23.3 Å². The van der Waals surface area contributed by atoms with E-state index in [-0.39, 0.29) is 5.97 Å². The molecule has 0 amide bonds. The summed E-state index contributed by atoms with van der Waals surface area (Å²) in [5.41, 5.74) is 8.64. The summed E-state index contributed by atoms with van der Waals surface area (Å²) in [7, 11) is 1.38. The van der Waals surface area contributed by atoms with Crippen LogP contribution in [-0.4, -0.2) is 19.7 Å². The second-order valence-corrected chi connectivity index (χ2v) is 4.03. The minimum Gasteiger partial charge on any atom is -0.491 e. The Morgan fingerprint density at radius 1 is 1.35 bits per heavy atom. The van der Waals surface area contributed by atoms with Crippen molar-refractivity contribution in [3.63, 3.8) is 0 Å². The number of rotatable bonds is 5. The molecule has 1 rings (SSSR count). The third-order valence-electron chi connectivity index (χ3n) is 2.45. The molecule has 0 radical (unpaired) electrons. The van der Waals surface area contributed by atoms with Gasteiger partial charge in [0, 0.05) is 6.42 Å². The zero-order valence-electron chi connectivity index (χ0n) is 10.6. The maximum Gasteiger partial charge on any atom is 0.305 e. The topological polar surface area (TPSA) is 61.5 Å². The summed E-state index contributed by atoms with van der Waals surface area (Å²) >= 11 is 0. The number of nitrogens with two attached hydrogens (primary N) is 1. The lowest BCUT2D eigenvalue weighted by Crippen LogP contribution is -2.06. The maximum absolute atomic E-state index is 10.9. The molecule has 4 heteroatoms. The molecule has 94 valence electrons. The monoisotopic (exact) mass is 237 g/mol. The summed E-state index contributed by atoms with van der Waals surface area (Å²) in [4.78, 5) is 10.9. The Morgan fingerprint density at radius 2 is 2.06 bits per heavy atom. The van der Waals surface area contributed by atoms with Crippen molar-refractivity contribution in [3.8, 4) is 5.75 Å². The van der Waals surface area contributed by atoms with Crippen LogP contribution < -0.4 is 10.5 Å². The van der Waals surface area contributed by atoms with E-state index in [0.717, 1.165) is 11.1 Å². The number of hydrogen-bond acceptors (Lipinski definition) is 4. The number of carbonyl (C=O) groups is 1. The van der Waals surface area contributed by atoms with E-state index in [9.17, 15) is 4.79 Å². The fourth-order valence-electron chi connectivity index (χ4n) is 1.68. The molecule has 0 atom stereocenters. The van der Waals surface area contributed by atoms with Gasteiger partial charge in [-0.2, -0.15) is 0 Å². The molecular formula is C13H19NO3. The Labute approximate surface area is 102 Å². The summed E-state index contributed by atoms with van der Waals surface area (Å²) < 4.78 is 10.1. The fourth-order valence-corrected chi connectivity index (χ4v) is 1.68. The summed E-state index contributed by atoms with van der Waals surface area (Å²) in [6.45, 7) is 4.41. The van der Waals surface area contributed by atoms with Gasteiger partial charge in [-0.1, -0.05) is 6.07 Å². The molecule has 2 N–H and O–H groups in total. The SMILES string of the molecule is COC(=O)CCCOc1c(C)cc(C)cc1N. The van der Waals surface area contributed by atoms with E-state index in [1.807, 2.05) is 26.0 Å². The van der Waals surface area contributed by atoms with Gasteiger partial charge < -0.3 is 15.2 Å². The first-order valence-corrected chi connectivity index (χ1v) is 5.61. The minimum atomic E-state index is -0.220. The van der Waals surface area contributed by atoms with Crippen LogP contribution in [0, 0.1) is 13.8 Å². The molecule has 1 aromatic rings. The molecule has 0 heterocycles. The Hall–Kier alpha value is -1.71. The van der Waals surface area contributed by atoms with E-state index < -0.39 is 0 Å². The first kappa shape index (κ1) is 13.4. The number of aryl methyl sites for hydroxylation is 2. The molecule has 0 saturated carbocycles. The quantitative estimate of drug-likeness (QED) is 0.484. The number of carbonyl (C=O) groups excluding carboxylic acids is 1. The van der Waals surface area contributed by atoms with Crippen LogP contribution in [0.15, 0.2) is 12.1 Å². The van der Waals surface area contributed by atoms with Crippen LogP contribution in [0.1, 0.15) is 24.0 Å². The van der Waals surface area contributed by atoms with Crippen molar-refractivity contribution in [1.29, 1.82) is 0 Å². The van der Waals surface area contributed by atoms with Crippen molar-refractivity contribution in [1.82, 2.24) is 0 Å². The predicted molar refractivity (Wildman–Crippen MR) is 67.1 cm³/mol. The Bertz CT molecular complexity index is 379. The maximum atomic E-state index is 10.9. The lowest BCUT2D eigenvalue weighted by Gasteiger charge is -2.12. The van der Waals surface area contributed by atoms with Gasteiger partial charge in [0.05, 0.1) is 19.4 Å². The molecule has 0 spiro atoms. The Morgan fingerprint density at radius 3 is 2.65 bits per heavy atom. The predicted octanol–water partition coefficient (Wildman–Crippen LogP) is 2.22. The van der Waals surface area contributed by atoms with Crippen molar-refractivity contribution < 1.29 is 14.3 Å². The fraction of sp³-hybridized carbons (Fsp3) is 0.462. The van der Waals surface area contributed by atoms with Gasteiger partial charge in [0.15, 0.2) is 0 Å². The number of ether oxygens (including phenoxy) is 2. The molecule has 0 bridgehead atoms. The van der Waals surface area contributed by atoms with Crippen molar-refractivity contribution in [2.45, 2.75) is 26.7 Å². The van der Waals surface area contributed by atoms with Gasteiger partial charge in [0.1, 0.15) is 5.75 Å². The van der Waals surface area contributed by atoms with E-state index in [0.29, 0.717) is 30.9 Å². The lowest BCUT2D eigenvalue weighted by molar-refractivity contribution is -0.140. The van der Waals surface area contributed by atoms with Gasteiger partial charge in [-0.25, -0.2) is 0 Å². The summed E-state index contributed by atoms with van der Waals surface area (Å²) in [5.74, 6) is 0.489. The van der Waals surface area contributed by atoms with Crippen LogP contribution in [0.25, 0.3) is 0 Å². The number of nitrogen functional groups attached to an aromatic ring is 1. The van der Waals surface area contributed by atoms with Gasteiger partial charge in [-0.15, -0.1) is 0 Å². The van der Waals surface area contributed by atoms with Gasteiger partial charge in [-0.3, -0.25) is 4.79 Å². The van der Waals surface area contributed by atoms with Gasteiger partial charge in [0.2, 0.25) is 0 Å². The zero-order chi connectivity index (χ0) is 12.8. The van der Waals surface area contributed by atoms with Crippen molar-refractivity contribution in [2.24, 2.45) is 0 Å². The second kappa shape index (κ2) is 6.13. The third-order valence-corrected chi connectivity index (χ3v) is 2.45. The normalized spacial score (nSPS) is 10.1.